The van der Waals surface area contributed by atoms with Crippen LogP contribution in [0.4, 0.5) is 5.13 Å². The summed E-state index contributed by atoms with van der Waals surface area (Å²) in [5, 5.41) is 4.42. The Kier molecular flexibility index (Phi) is 4.77. The Morgan fingerprint density at radius 3 is 2.69 bits per heavy atom. The zero-order chi connectivity index (χ0) is 17.9. The number of amides is 1. The van der Waals surface area contributed by atoms with Gasteiger partial charge in [0.25, 0.3) is 5.91 Å². The summed E-state index contributed by atoms with van der Waals surface area (Å²) in [4.78, 5) is 22.4. The van der Waals surface area contributed by atoms with Gasteiger partial charge >= 0.3 is 0 Å². The van der Waals surface area contributed by atoms with Gasteiger partial charge in [0.1, 0.15) is 0 Å². The Morgan fingerprint density at radius 2 is 1.85 bits per heavy atom. The molecule has 1 N–H and O–H groups in total. The maximum Gasteiger partial charge on any atom is 0.259 e. The van der Waals surface area contributed by atoms with Crippen LogP contribution in [0.15, 0.2) is 71.5 Å². The lowest BCUT2D eigenvalue weighted by molar-refractivity contribution is 0.102. The molecule has 1 amide bonds. The number of nitrogens with zero attached hydrogens (tertiary/aromatic N) is 2. The average Bonchev–Trinajstić information content (AvgIpc) is 3.10. The van der Waals surface area contributed by atoms with Gasteiger partial charge in [0, 0.05) is 33.6 Å². The number of nitrogens with one attached hydrogen (secondary N) is 1. The third kappa shape index (κ3) is 3.66. The summed E-state index contributed by atoms with van der Waals surface area (Å²) in [6.45, 7) is 0. The Labute approximate surface area is 163 Å². The lowest BCUT2D eigenvalue weighted by Gasteiger charge is -2.05. The van der Waals surface area contributed by atoms with Gasteiger partial charge < -0.3 is 0 Å². The van der Waals surface area contributed by atoms with Crippen molar-refractivity contribution in [3.63, 3.8) is 0 Å². The number of fused-ring (bicyclic) bond motifs is 1. The highest BCUT2D eigenvalue weighted by molar-refractivity contribution is 9.10. The largest absolute Gasteiger partial charge is 0.298 e. The van der Waals surface area contributed by atoms with E-state index in [0.717, 1.165) is 21.2 Å². The lowest BCUT2D eigenvalue weighted by Crippen LogP contribution is -2.12. The van der Waals surface area contributed by atoms with Gasteiger partial charge in [-0.25, -0.2) is 4.98 Å². The smallest absolute Gasteiger partial charge is 0.259 e. The number of thiazole rings is 1. The van der Waals surface area contributed by atoms with Crippen LogP contribution in [0.5, 0.6) is 0 Å². The predicted octanol–water partition coefficient (Wildman–Crippen LogP) is 5.30. The van der Waals surface area contributed by atoms with Crippen molar-refractivity contribution in [2.45, 2.75) is 6.42 Å². The molecule has 0 aliphatic heterocycles. The number of hydrogen-bond acceptors (Lipinski definition) is 4. The Morgan fingerprint density at radius 1 is 1.04 bits per heavy atom. The van der Waals surface area contributed by atoms with Crippen LogP contribution in [-0.2, 0) is 6.42 Å². The molecule has 128 valence electrons. The van der Waals surface area contributed by atoms with E-state index in [1.165, 1.54) is 16.9 Å². The van der Waals surface area contributed by atoms with Gasteiger partial charge in [-0.2, -0.15) is 0 Å². The molecule has 2 aromatic heterocycles. The van der Waals surface area contributed by atoms with Crippen LogP contribution in [0.3, 0.4) is 0 Å². The van der Waals surface area contributed by atoms with Crippen LogP contribution >= 0.6 is 27.3 Å². The minimum Gasteiger partial charge on any atom is -0.298 e. The first-order chi connectivity index (χ1) is 12.7. The molecule has 4 aromatic rings. The first kappa shape index (κ1) is 16.9. The fourth-order valence-electron chi connectivity index (χ4n) is 2.70. The minimum atomic E-state index is -0.196. The minimum absolute atomic E-state index is 0.196. The Balaban J connectivity index is 1.51. The fraction of sp³-hybridized carbons (Fsp3) is 0.0500. The van der Waals surface area contributed by atoms with E-state index in [-0.39, 0.29) is 5.91 Å². The summed E-state index contributed by atoms with van der Waals surface area (Å²) >= 11 is 4.92. The molecule has 0 saturated heterocycles. The molecule has 0 aliphatic carbocycles. The van der Waals surface area contributed by atoms with Crippen LogP contribution in [0.25, 0.3) is 10.9 Å². The van der Waals surface area contributed by atoms with Crippen LogP contribution in [0.2, 0.25) is 0 Å². The van der Waals surface area contributed by atoms with Crippen molar-refractivity contribution in [2.75, 3.05) is 5.32 Å². The van der Waals surface area contributed by atoms with Gasteiger partial charge in [-0.05, 0) is 29.8 Å². The van der Waals surface area contributed by atoms with Gasteiger partial charge in [0.2, 0.25) is 0 Å². The van der Waals surface area contributed by atoms with Crippen molar-refractivity contribution in [3.05, 3.63) is 87.5 Å². The Bertz CT molecular complexity index is 1070. The van der Waals surface area contributed by atoms with Crippen molar-refractivity contribution >= 4 is 49.2 Å². The van der Waals surface area contributed by atoms with E-state index in [1.807, 2.05) is 42.6 Å². The number of benzene rings is 2. The topological polar surface area (TPSA) is 54.9 Å². The molecule has 0 saturated carbocycles. The number of aromatic nitrogens is 2. The lowest BCUT2D eigenvalue weighted by atomic mass is 10.1. The third-order valence-electron chi connectivity index (χ3n) is 3.94. The number of pyridine rings is 1. The molecular formula is C20H14BrN3OS. The third-order valence-corrected chi connectivity index (χ3v) is 5.38. The average molecular weight is 424 g/mol. The maximum absolute atomic E-state index is 12.6. The van der Waals surface area contributed by atoms with Gasteiger partial charge in [-0.1, -0.05) is 46.3 Å². The van der Waals surface area contributed by atoms with Gasteiger partial charge in [0.05, 0.1) is 11.1 Å². The molecule has 0 fully saturated rings. The molecule has 26 heavy (non-hydrogen) atoms. The molecule has 2 aromatic carbocycles. The summed E-state index contributed by atoms with van der Waals surface area (Å²) in [7, 11) is 0. The van der Waals surface area contributed by atoms with E-state index in [9.17, 15) is 4.79 Å². The first-order valence-electron chi connectivity index (χ1n) is 8.03. The molecule has 0 radical (unpaired) electrons. The number of rotatable bonds is 4. The molecule has 0 bridgehead atoms. The first-order valence-corrected chi connectivity index (χ1v) is 9.64. The molecule has 4 rings (SSSR count). The second-order valence-corrected chi connectivity index (χ2v) is 7.80. The van der Waals surface area contributed by atoms with E-state index >= 15 is 0 Å². The second-order valence-electron chi connectivity index (χ2n) is 5.77. The number of para-hydroxylation sites is 1. The summed E-state index contributed by atoms with van der Waals surface area (Å²) in [6.07, 6.45) is 4.29. The summed E-state index contributed by atoms with van der Waals surface area (Å²) in [5.41, 5.74) is 2.44. The summed E-state index contributed by atoms with van der Waals surface area (Å²) in [5.74, 6) is -0.196. The number of carbonyl (C=O) groups is 1. The van der Waals surface area contributed by atoms with E-state index in [0.29, 0.717) is 16.2 Å². The quantitative estimate of drug-likeness (QED) is 0.484. The molecule has 0 aliphatic rings. The van der Waals surface area contributed by atoms with Crippen molar-refractivity contribution in [3.8, 4) is 0 Å². The zero-order valence-electron chi connectivity index (χ0n) is 13.6. The molecule has 0 unspecified atom stereocenters. The van der Waals surface area contributed by atoms with Crippen molar-refractivity contribution in [1.29, 1.82) is 0 Å². The molecule has 6 heteroatoms. The number of carbonyl (C=O) groups excluding carboxylic acids is 1. The monoisotopic (exact) mass is 423 g/mol. The molecule has 4 nitrogen and oxygen atoms in total. The van der Waals surface area contributed by atoms with Crippen molar-refractivity contribution < 1.29 is 4.79 Å². The van der Waals surface area contributed by atoms with E-state index < -0.39 is 0 Å². The zero-order valence-corrected chi connectivity index (χ0v) is 16.0. The van der Waals surface area contributed by atoms with Crippen LogP contribution in [-0.4, -0.2) is 15.9 Å². The van der Waals surface area contributed by atoms with Crippen LogP contribution in [0, 0.1) is 0 Å². The van der Waals surface area contributed by atoms with Gasteiger partial charge in [-0.15, -0.1) is 11.3 Å². The molecule has 2 heterocycles. The highest BCUT2D eigenvalue weighted by Crippen LogP contribution is 2.23. The van der Waals surface area contributed by atoms with Crippen LogP contribution in [0.1, 0.15) is 20.8 Å². The highest BCUT2D eigenvalue weighted by atomic mass is 79.9. The highest BCUT2D eigenvalue weighted by Gasteiger charge is 2.13. The van der Waals surface area contributed by atoms with Crippen molar-refractivity contribution in [2.24, 2.45) is 0 Å². The van der Waals surface area contributed by atoms with Crippen LogP contribution < -0.4 is 5.32 Å². The number of halogens is 1. The standard InChI is InChI=1S/C20H14BrN3OS/c21-15-8-6-13(7-9-15)11-16-12-23-20(26-16)24-19(25)17-5-1-3-14-4-2-10-22-18(14)17/h1-10,12H,11H2,(H,23,24,25). The second kappa shape index (κ2) is 7.35. The summed E-state index contributed by atoms with van der Waals surface area (Å²) in [6, 6.07) is 17.6. The van der Waals surface area contributed by atoms with Crippen molar-refractivity contribution in [1.82, 2.24) is 9.97 Å². The van der Waals surface area contributed by atoms with Gasteiger partial charge in [-0.3, -0.25) is 15.1 Å². The van der Waals surface area contributed by atoms with Gasteiger partial charge in [0.15, 0.2) is 5.13 Å². The predicted molar refractivity (Wildman–Crippen MR) is 109 cm³/mol. The Hall–Kier alpha value is -2.57. The molecule has 0 spiro atoms. The van der Waals surface area contributed by atoms with E-state index in [2.05, 4.69) is 43.3 Å². The maximum atomic E-state index is 12.6. The number of anilines is 1. The number of hydrogen-bond donors (Lipinski definition) is 1. The fourth-order valence-corrected chi connectivity index (χ4v) is 3.81. The SMILES string of the molecule is O=C(Nc1ncc(Cc2ccc(Br)cc2)s1)c1cccc2cccnc12. The van der Waals surface area contributed by atoms with E-state index in [1.54, 1.807) is 12.3 Å². The normalized spacial score (nSPS) is 10.8. The molecular weight excluding hydrogens is 410 g/mol. The summed E-state index contributed by atoms with van der Waals surface area (Å²) < 4.78 is 1.06. The molecule has 0 atom stereocenters. The van der Waals surface area contributed by atoms with E-state index in [4.69, 9.17) is 0 Å².